The molecule has 0 radical (unpaired) electrons. The van der Waals surface area contributed by atoms with Crippen LogP contribution in [0.3, 0.4) is 0 Å². The van der Waals surface area contributed by atoms with Gasteiger partial charge in [0, 0.05) is 10.5 Å². The molecule has 1 rings (SSSR count). The topological polar surface area (TPSA) is 38.0 Å². The third-order valence-corrected chi connectivity index (χ3v) is 4.04. The van der Waals surface area contributed by atoms with E-state index in [9.17, 15) is 0 Å². The first-order valence-electron chi connectivity index (χ1n) is 5.95. The molecule has 0 saturated heterocycles. The predicted octanol–water partition coefficient (Wildman–Crippen LogP) is 4.43. The second-order valence-corrected chi connectivity index (χ2v) is 5.98. The fraction of sp³-hybridized carbons (Fsp3) is 0.538. The Morgan fingerprint density at radius 2 is 2.06 bits per heavy atom. The van der Waals surface area contributed by atoms with Gasteiger partial charge in [0.15, 0.2) is 0 Å². The molecule has 0 aromatic heterocycles. The number of rotatable bonds is 6. The maximum absolute atomic E-state index is 5.98. The summed E-state index contributed by atoms with van der Waals surface area (Å²) in [6.45, 7) is 4.48. The van der Waals surface area contributed by atoms with Crippen molar-refractivity contribution in [3.63, 3.8) is 0 Å². The van der Waals surface area contributed by atoms with Crippen molar-refractivity contribution in [1.29, 1.82) is 0 Å². The molecule has 0 saturated carbocycles. The van der Waals surface area contributed by atoms with Crippen molar-refractivity contribution in [2.24, 2.45) is 11.8 Å². The summed E-state index contributed by atoms with van der Waals surface area (Å²) in [5, 5.41) is 0.728. The second kappa shape index (κ2) is 7.37. The lowest BCUT2D eigenvalue weighted by Crippen LogP contribution is -2.28. The van der Waals surface area contributed by atoms with Gasteiger partial charge in [0.25, 0.3) is 0 Å². The van der Waals surface area contributed by atoms with Crippen LogP contribution in [0.2, 0.25) is 5.02 Å². The average Bonchev–Trinajstić information content (AvgIpc) is 2.28. The molecule has 3 N–H and O–H groups in total. The van der Waals surface area contributed by atoms with Crippen molar-refractivity contribution >= 4 is 27.5 Å². The smallest absolute Gasteiger partial charge is 0.0548 e. The quantitative estimate of drug-likeness (QED) is 0.601. The van der Waals surface area contributed by atoms with Crippen molar-refractivity contribution in [3.8, 4) is 0 Å². The summed E-state index contributed by atoms with van der Waals surface area (Å²) in [4.78, 5) is 0. The highest BCUT2D eigenvalue weighted by molar-refractivity contribution is 9.10. The monoisotopic (exact) mass is 318 g/mol. The summed E-state index contributed by atoms with van der Waals surface area (Å²) in [6, 6.07) is 6.14. The van der Waals surface area contributed by atoms with Gasteiger partial charge in [-0.25, -0.2) is 0 Å². The van der Waals surface area contributed by atoms with Gasteiger partial charge in [-0.15, -0.1) is 0 Å². The molecule has 1 atom stereocenters. The number of nitrogens with two attached hydrogens (primary N) is 1. The lowest BCUT2D eigenvalue weighted by atomic mass is 9.98. The van der Waals surface area contributed by atoms with E-state index in [-0.39, 0.29) is 6.04 Å². The summed E-state index contributed by atoms with van der Waals surface area (Å²) >= 11 is 9.41. The molecular formula is C13H20BrClN2. The fourth-order valence-electron chi connectivity index (χ4n) is 1.81. The molecule has 1 aromatic carbocycles. The van der Waals surface area contributed by atoms with Crippen molar-refractivity contribution in [1.82, 2.24) is 5.43 Å². The zero-order valence-corrected chi connectivity index (χ0v) is 12.7. The Morgan fingerprint density at radius 1 is 1.35 bits per heavy atom. The van der Waals surface area contributed by atoms with Crippen LogP contribution in [0, 0.1) is 5.92 Å². The molecular weight excluding hydrogens is 300 g/mol. The number of hydrogen-bond acceptors (Lipinski definition) is 2. The first-order chi connectivity index (χ1) is 8.04. The van der Waals surface area contributed by atoms with Crippen molar-refractivity contribution in [2.75, 3.05) is 0 Å². The largest absolute Gasteiger partial charge is 0.271 e. The Labute approximate surface area is 117 Å². The third kappa shape index (κ3) is 4.96. The zero-order chi connectivity index (χ0) is 12.8. The van der Waals surface area contributed by atoms with Gasteiger partial charge >= 0.3 is 0 Å². The van der Waals surface area contributed by atoms with Crippen molar-refractivity contribution in [3.05, 3.63) is 33.3 Å². The van der Waals surface area contributed by atoms with Crippen molar-refractivity contribution in [2.45, 2.75) is 39.2 Å². The van der Waals surface area contributed by atoms with E-state index in [1.165, 1.54) is 18.4 Å². The van der Waals surface area contributed by atoms with Gasteiger partial charge in [-0.2, -0.15) is 0 Å². The fourth-order valence-corrected chi connectivity index (χ4v) is 2.32. The van der Waals surface area contributed by atoms with Gasteiger partial charge in [0.2, 0.25) is 0 Å². The van der Waals surface area contributed by atoms with Gasteiger partial charge in [0.05, 0.1) is 5.02 Å². The van der Waals surface area contributed by atoms with E-state index < -0.39 is 0 Å². The lowest BCUT2D eigenvalue weighted by molar-refractivity contribution is 0.455. The molecule has 0 bridgehead atoms. The zero-order valence-electron chi connectivity index (χ0n) is 10.3. The Morgan fingerprint density at radius 3 is 2.59 bits per heavy atom. The van der Waals surface area contributed by atoms with E-state index in [1.54, 1.807) is 0 Å². The highest BCUT2D eigenvalue weighted by Gasteiger charge is 2.11. The van der Waals surface area contributed by atoms with E-state index in [4.69, 9.17) is 17.4 Å². The minimum absolute atomic E-state index is 0.197. The molecule has 0 aliphatic rings. The summed E-state index contributed by atoms with van der Waals surface area (Å²) in [7, 11) is 0. The molecule has 0 aliphatic carbocycles. The summed E-state index contributed by atoms with van der Waals surface area (Å²) in [5.74, 6) is 6.35. The van der Waals surface area contributed by atoms with E-state index in [0.717, 1.165) is 21.8 Å². The predicted molar refractivity (Wildman–Crippen MR) is 77.9 cm³/mol. The Kier molecular flexibility index (Phi) is 6.49. The van der Waals surface area contributed by atoms with Crippen LogP contribution in [0.25, 0.3) is 0 Å². The number of halogens is 2. The third-order valence-electron chi connectivity index (χ3n) is 2.82. The van der Waals surface area contributed by atoms with Gasteiger partial charge in [-0.05, 0) is 46.0 Å². The van der Waals surface area contributed by atoms with Crippen LogP contribution in [-0.4, -0.2) is 0 Å². The molecule has 96 valence electrons. The number of nitrogens with one attached hydrogen (secondary N) is 1. The normalized spacial score (nSPS) is 13.1. The Balaban J connectivity index is 2.62. The molecule has 2 nitrogen and oxygen atoms in total. The van der Waals surface area contributed by atoms with Gasteiger partial charge in [-0.3, -0.25) is 11.3 Å². The van der Waals surface area contributed by atoms with Crippen LogP contribution in [0.5, 0.6) is 0 Å². The van der Waals surface area contributed by atoms with Gasteiger partial charge in [-0.1, -0.05) is 44.4 Å². The first-order valence-corrected chi connectivity index (χ1v) is 7.12. The van der Waals surface area contributed by atoms with Crippen LogP contribution in [-0.2, 0) is 0 Å². The highest BCUT2D eigenvalue weighted by Crippen LogP contribution is 2.28. The van der Waals surface area contributed by atoms with Crippen molar-refractivity contribution < 1.29 is 0 Å². The number of hydrazine groups is 1. The van der Waals surface area contributed by atoms with Gasteiger partial charge in [0.1, 0.15) is 0 Å². The average molecular weight is 320 g/mol. The summed E-state index contributed by atoms with van der Waals surface area (Å²) in [5.41, 5.74) is 4.05. The van der Waals surface area contributed by atoms with Crippen LogP contribution in [0.1, 0.15) is 44.7 Å². The first kappa shape index (κ1) is 15.0. The Bertz CT molecular complexity index is 355. The highest BCUT2D eigenvalue weighted by atomic mass is 79.9. The molecule has 0 aliphatic heterocycles. The number of hydrogen-bond donors (Lipinski definition) is 2. The molecule has 1 aromatic rings. The standard InChI is InChI=1S/C13H20BrClN2/c1-9(2)4-3-5-13(17-16)10-6-7-12(15)11(14)8-10/h6-9,13,17H,3-5,16H2,1-2H3. The molecule has 1 unspecified atom stereocenters. The van der Waals surface area contributed by atoms with E-state index in [0.29, 0.717) is 0 Å². The van der Waals surface area contributed by atoms with Crippen LogP contribution in [0.4, 0.5) is 0 Å². The maximum Gasteiger partial charge on any atom is 0.0548 e. The SMILES string of the molecule is CC(C)CCCC(NN)c1ccc(Cl)c(Br)c1. The van der Waals surface area contributed by atoms with Crippen LogP contribution >= 0.6 is 27.5 Å². The molecule has 0 heterocycles. The number of benzene rings is 1. The van der Waals surface area contributed by atoms with E-state index in [1.807, 2.05) is 18.2 Å². The maximum atomic E-state index is 5.98. The summed E-state index contributed by atoms with van der Waals surface area (Å²) < 4.78 is 0.917. The van der Waals surface area contributed by atoms with Crippen LogP contribution < -0.4 is 11.3 Å². The minimum atomic E-state index is 0.197. The molecule has 17 heavy (non-hydrogen) atoms. The molecule has 0 amide bonds. The second-order valence-electron chi connectivity index (χ2n) is 4.72. The molecule has 4 heteroatoms. The van der Waals surface area contributed by atoms with E-state index in [2.05, 4.69) is 35.2 Å². The van der Waals surface area contributed by atoms with Crippen LogP contribution in [0.15, 0.2) is 22.7 Å². The van der Waals surface area contributed by atoms with Gasteiger partial charge < -0.3 is 0 Å². The van der Waals surface area contributed by atoms with E-state index >= 15 is 0 Å². The molecule has 0 fully saturated rings. The minimum Gasteiger partial charge on any atom is -0.271 e. The lowest BCUT2D eigenvalue weighted by Gasteiger charge is -2.17. The molecule has 0 spiro atoms. The summed E-state index contributed by atoms with van der Waals surface area (Å²) in [6.07, 6.45) is 3.45. The Hall–Kier alpha value is -0.0900.